The summed E-state index contributed by atoms with van der Waals surface area (Å²) in [6.45, 7) is 11.3. The maximum absolute atomic E-state index is 13.8. The summed E-state index contributed by atoms with van der Waals surface area (Å²) in [5.74, 6) is -0.718. The minimum atomic E-state index is -4.26. The van der Waals surface area contributed by atoms with Crippen LogP contribution in [-0.2, 0) is 16.7 Å². The summed E-state index contributed by atoms with van der Waals surface area (Å²) >= 11 is 0. The van der Waals surface area contributed by atoms with Crippen LogP contribution in [0, 0.1) is 24.0 Å². The predicted molar refractivity (Wildman–Crippen MR) is 141 cm³/mol. The molecule has 37 heavy (non-hydrogen) atoms. The molecule has 0 bridgehead atoms. The first-order valence-electron chi connectivity index (χ1n) is 11.9. The normalized spacial score (nSPS) is 11.3. The van der Waals surface area contributed by atoms with Crippen LogP contribution < -0.4 is 4.18 Å². The molecule has 0 N–H and O–H groups in total. The molecule has 196 valence electrons. The quantitative estimate of drug-likeness (QED) is 0.137. The van der Waals surface area contributed by atoms with E-state index in [9.17, 15) is 23.3 Å². The van der Waals surface area contributed by atoms with E-state index in [4.69, 9.17) is 4.18 Å². The van der Waals surface area contributed by atoms with Crippen molar-refractivity contribution >= 4 is 27.2 Å². The van der Waals surface area contributed by atoms with Crippen LogP contribution in [0.5, 0.6) is 5.88 Å². The molecule has 0 unspecified atom stereocenters. The molecule has 1 heterocycles. The van der Waals surface area contributed by atoms with E-state index >= 15 is 0 Å². The minimum Gasteiger partial charge on any atom is -0.358 e. The smallest absolute Gasteiger partial charge is 0.340 e. The number of nitrogens with zero attached hydrogens (tertiary/aromatic N) is 3. The van der Waals surface area contributed by atoms with Crippen molar-refractivity contribution in [2.75, 3.05) is 0 Å². The fraction of sp³-hybridized carbons (Fsp3) is 0.333. The van der Waals surface area contributed by atoms with Gasteiger partial charge in [-0.1, -0.05) is 36.6 Å². The van der Waals surface area contributed by atoms with E-state index in [1.54, 1.807) is 26.0 Å². The molecule has 0 amide bonds. The molecule has 0 fully saturated rings. The zero-order chi connectivity index (χ0) is 27.5. The highest BCUT2D eigenvalue weighted by atomic mass is 32.2. The zero-order valence-electron chi connectivity index (χ0n) is 21.9. The molecule has 0 radical (unpaired) electrons. The number of carbonyl (C=O) groups is 1. The maximum atomic E-state index is 13.8. The van der Waals surface area contributed by atoms with Crippen molar-refractivity contribution in [3.8, 4) is 5.88 Å². The molecular weight excluding hydrogens is 494 g/mol. The first-order chi connectivity index (χ1) is 17.4. The van der Waals surface area contributed by atoms with E-state index in [0.29, 0.717) is 29.7 Å². The highest BCUT2D eigenvalue weighted by Crippen LogP contribution is 2.35. The first kappa shape index (κ1) is 27.8. The highest BCUT2D eigenvalue weighted by Gasteiger charge is 2.29. The Morgan fingerprint density at radius 3 is 2.27 bits per heavy atom. The Labute approximate surface area is 217 Å². The predicted octanol–water partition coefficient (Wildman–Crippen LogP) is 6.02. The summed E-state index contributed by atoms with van der Waals surface area (Å²) in [6, 6.07) is 8.88. The van der Waals surface area contributed by atoms with Gasteiger partial charge >= 0.3 is 10.1 Å². The monoisotopic (exact) mass is 525 g/mol. The Balaban J connectivity index is 2.16. The van der Waals surface area contributed by atoms with Crippen LogP contribution in [-0.4, -0.2) is 28.9 Å². The van der Waals surface area contributed by atoms with Gasteiger partial charge < -0.3 is 4.18 Å². The van der Waals surface area contributed by atoms with Gasteiger partial charge in [0.05, 0.1) is 16.7 Å². The third-order valence-corrected chi connectivity index (χ3v) is 7.49. The van der Waals surface area contributed by atoms with E-state index in [2.05, 4.69) is 5.10 Å². The minimum absolute atomic E-state index is 0.0375. The molecule has 0 aliphatic heterocycles. The van der Waals surface area contributed by atoms with Gasteiger partial charge in [0.2, 0.25) is 5.88 Å². The molecule has 0 aliphatic carbocycles. The number of aryl methyl sites for hydroxylation is 2. The van der Waals surface area contributed by atoms with E-state index in [1.807, 2.05) is 27.7 Å². The molecule has 10 heteroatoms. The van der Waals surface area contributed by atoms with Crippen molar-refractivity contribution in [3.63, 3.8) is 0 Å². The number of allylic oxidation sites excluding steroid dienone is 2. The molecular formula is C27H31N3O6S. The molecule has 9 nitrogen and oxygen atoms in total. The third-order valence-electron chi connectivity index (χ3n) is 6.27. The lowest BCUT2D eigenvalue weighted by Crippen LogP contribution is -2.16. The van der Waals surface area contributed by atoms with Crippen molar-refractivity contribution in [3.05, 3.63) is 86.1 Å². The molecule has 0 aliphatic rings. The molecule has 0 saturated carbocycles. The maximum Gasteiger partial charge on any atom is 0.340 e. The Kier molecular flexibility index (Phi) is 8.32. The lowest BCUT2D eigenvalue weighted by Gasteiger charge is -2.14. The van der Waals surface area contributed by atoms with Gasteiger partial charge in [0.15, 0.2) is 5.78 Å². The molecule has 0 spiro atoms. The average Bonchev–Trinajstić information content (AvgIpc) is 3.23. The molecule has 1 aromatic heterocycles. The van der Waals surface area contributed by atoms with Crippen molar-refractivity contribution in [2.24, 2.45) is 0 Å². The number of nitro benzene ring substituents is 1. The Bertz CT molecular complexity index is 1480. The van der Waals surface area contributed by atoms with Crippen LogP contribution in [0.3, 0.4) is 0 Å². The van der Waals surface area contributed by atoms with E-state index in [1.165, 1.54) is 35.1 Å². The molecule has 0 atom stereocenters. The van der Waals surface area contributed by atoms with Gasteiger partial charge in [-0.25, -0.2) is 4.68 Å². The van der Waals surface area contributed by atoms with Crippen LogP contribution in [0.15, 0.2) is 53.1 Å². The van der Waals surface area contributed by atoms with E-state index in [0.717, 1.165) is 17.6 Å². The topological polar surface area (TPSA) is 121 Å². The fourth-order valence-corrected chi connectivity index (χ4v) is 4.86. The van der Waals surface area contributed by atoms with Crippen LogP contribution in [0.2, 0.25) is 0 Å². The number of nitro groups is 1. The van der Waals surface area contributed by atoms with E-state index < -0.39 is 20.8 Å². The molecule has 3 aromatic rings. The van der Waals surface area contributed by atoms with Crippen molar-refractivity contribution in [2.45, 2.75) is 65.8 Å². The number of unbranched alkanes of at least 4 members (excludes halogenated alkanes) is 1. The van der Waals surface area contributed by atoms with Gasteiger partial charge in [0.25, 0.3) is 5.69 Å². The average molecular weight is 526 g/mol. The van der Waals surface area contributed by atoms with Crippen LogP contribution in [0.1, 0.15) is 73.1 Å². The fourth-order valence-electron chi connectivity index (χ4n) is 3.91. The summed E-state index contributed by atoms with van der Waals surface area (Å²) in [5.41, 5.74) is 3.30. The number of hydrogen-bond acceptors (Lipinski definition) is 7. The lowest BCUT2D eigenvalue weighted by atomic mass is 9.90. The van der Waals surface area contributed by atoms with Crippen LogP contribution in [0.25, 0.3) is 5.57 Å². The Morgan fingerprint density at radius 2 is 1.70 bits per heavy atom. The number of aromatic nitrogens is 2. The van der Waals surface area contributed by atoms with Crippen molar-refractivity contribution in [1.82, 2.24) is 9.78 Å². The third kappa shape index (κ3) is 5.80. The summed E-state index contributed by atoms with van der Waals surface area (Å²) in [7, 11) is -4.26. The molecule has 3 rings (SSSR count). The Hall–Kier alpha value is -3.79. The van der Waals surface area contributed by atoms with E-state index in [-0.39, 0.29) is 27.6 Å². The van der Waals surface area contributed by atoms with Gasteiger partial charge in [0, 0.05) is 18.2 Å². The largest absolute Gasteiger partial charge is 0.358 e. The zero-order valence-corrected chi connectivity index (χ0v) is 22.7. The summed E-state index contributed by atoms with van der Waals surface area (Å²) < 4.78 is 33.1. The second-order valence-corrected chi connectivity index (χ2v) is 10.7. The summed E-state index contributed by atoms with van der Waals surface area (Å²) in [6.07, 6.45) is 2.79. The molecule has 2 aromatic carbocycles. The van der Waals surface area contributed by atoms with Gasteiger partial charge in [-0.2, -0.15) is 13.5 Å². The lowest BCUT2D eigenvalue weighted by molar-refractivity contribution is -0.385. The first-order valence-corrected chi connectivity index (χ1v) is 13.3. The highest BCUT2D eigenvalue weighted by molar-refractivity contribution is 7.87. The molecule has 0 saturated heterocycles. The van der Waals surface area contributed by atoms with Crippen molar-refractivity contribution < 1.29 is 22.3 Å². The number of carbonyl (C=O) groups excluding carboxylic acids is 1. The number of ketones is 1. The number of benzene rings is 2. The summed E-state index contributed by atoms with van der Waals surface area (Å²) in [5, 5.41) is 16.0. The standard InChI is InChI=1S/C27H31N3O6S/c1-7-8-15-29-27(36-37(34,35)21-11-9-18(4)10-12-21)23(16-28-29)26(31)22-13-14-24(30(32)33)25(20(22)6)19(5)17(2)3/h9-14,16H,7-8,15H2,1-6H3. The Morgan fingerprint density at radius 1 is 1.05 bits per heavy atom. The second-order valence-electron chi connectivity index (χ2n) is 9.13. The number of rotatable bonds is 10. The number of hydrogen-bond donors (Lipinski definition) is 0. The summed E-state index contributed by atoms with van der Waals surface area (Å²) in [4.78, 5) is 24.9. The van der Waals surface area contributed by atoms with Crippen LogP contribution >= 0.6 is 0 Å². The SMILES string of the molecule is CCCCn1ncc(C(=O)c2ccc([N+](=O)[O-])c(C(C)=C(C)C)c2C)c1OS(=O)(=O)c1ccc(C)cc1. The van der Waals surface area contributed by atoms with Gasteiger partial charge in [-0.3, -0.25) is 14.9 Å². The van der Waals surface area contributed by atoms with Gasteiger partial charge in [-0.15, -0.1) is 0 Å². The van der Waals surface area contributed by atoms with Crippen LogP contribution in [0.4, 0.5) is 5.69 Å². The van der Waals surface area contributed by atoms with Gasteiger partial charge in [-0.05, 0) is 70.4 Å². The van der Waals surface area contributed by atoms with Gasteiger partial charge in [0.1, 0.15) is 10.5 Å². The second kappa shape index (κ2) is 11.1. The van der Waals surface area contributed by atoms with Crippen molar-refractivity contribution in [1.29, 1.82) is 0 Å².